The quantitative estimate of drug-likeness (QED) is 0.715. The second-order valence-corrected chi connectivity index (χ2v) is 9.50. The summed E-state index contributed by atoms with van der Waals surface area (Å²) in [6.45, 7) is 5.80. The number of amides is 1. The molecule has 4 aliphatic rings. The first-order valence-electron chi connectivity index (χ1n) is 10.6. The van der Waals surface area contributed by atoms with E-state index in [2.05, 4.69) is 48.0 Å². The van der Waals surface area contributed by atoms with Gasteiger partial charge in [-0.25, -0.2) is 0 Å². The second-order valence-electron chi connectivity index (χ2n) is 9.50. The standard InChI is InChI=1S/C24H30N2O/c1-23-13-10-21-18(11-15-26-22(27)7-3-4-12-24(21,26)2)20(23)9-8-19(23)17-6-5-14-25-16-17/h3,5-8,14,16,18,20-21H,4,9-13,15H2,1-2H3. The highest BCUT2D eigenvalue weighted by molar-refractivity contribution is 5.88. The van der Waals surface area contributed by atoms with E-state index in [1.165, 1.54) is 30.4 Å². The molecule has 5 rings (SSSR count). The topological polar surface area (TPSA) is 33.2 Å². The Bertz CT molecular complexity index is 813. The first-order chi connectivity index (χ1) is 13.0. The molecule has 2 aliphatic carbocycles. The molecule has 0 N–H and O–H groups in total. The van der Waals surface area contributed by atoms with Gasteiger partial charge in [0.05, 0.1) is 0 Å². The van der Waals surface area contributed by atoms with Crippen LogP contribution in [0, 0.1) is 23.2 Å². The number of aromatic nitrogens is 1. The Morgan fingerprint density at radius 1 is 1.19 bits per heavy atom. The van der Waals surface area contributed by atoms with Gasteiger partial charge in [-0.15, -0.1) is 0 Å². The fraction of sp³-hybridized carbons (Fsp3) is 0.583. The molecule has 3 nitrogen and oxygen atoms in total. The average molecular weight is 363 g/mol. The third-order valence-corrected chi connectivity index (χ3v) is 8.44. The van der Waals surface area contributed by atoms with Crippen LogP contribution in [0.1, 0.15) is 57.9 Å². The van der Waals surface area contributed by atoms with Crippen molar-refractivity contribution in [1.29, 1.82) is 0 Å². The fourth-order valence-electron chi connectivity index (χ4n) is 7.06. The third kappa shape index (κ3) is 2.40. The summed E-state index contributed by atoms with van der Waals surface area (Å²) >= 11 is 0. The Morgan fingerprint density at radius 2 is 2.07 bits per heavy atom. The van der Waals surface area contributed by atoms with Crippen LogP contribution in [0.5, 0.6) is 0 Å². The smallest absolute Gasteiger partial charge is 0.246 e. The summed E-state index contributed by atoms with van der Waals surface area (Å²) in [5, 5.41) is 0. The van der Waals surface area contributed by atoms with Gasteiger partial charge in [-0.2, -0.15) is 0 Å². The lowest BCUT2D eigenvalue weighted by atomic mass is 9.52. The Kier molecular flexibility index (Phi) is 3.86. The summed E-state index contributed by atoms with van der Waals surface area (Å²) in [6.07, 6.45) is 17.2. The molecule has 2 fully saturated rings. The highest BCUT2D eigenvalue weighted by Gasteiger charge is 2.58. The van der Waals surface area contributed by atoms with E-state index in [-0.39, 0.29) is 16.9 Å². The molecule has 0 spiro atoms. The van der Waals surface area contributed by atoms with E-state index >= 15 is 0 Å². The van der Waals surface area contributed by atoms with Crippen molar-refractivity contribution >= 4 is 11.5 Å². The van der Waals surface area contributed by atoms with E-state index < -0.39 is 0 Å². The molecule has 0 aromatic carbocycles. The summed E-state index contributed by atoms with van der Waals surface area (Å²) in [5.74, 6) is 2.30. The molecule has 27 heavy (non-hydrogen) atoms. The van der Waals surface area contributed by atoms with E-state index in [4.69, 9.17) is 0 Å². The second kappa shape index (κ2) is 6.05. The minimum absolute atomic E-state index is 0.0296. The maximum absolute atomic E-state index is 12.7. The average Bonchev–Trinajstić information content (AvgIpc) is 2.95. The molecular weight excluding hydrogens is 332 g/mol. The monoisotopic (exact) mass is 362 g/mol. The molecule has 5 unspecified atom stereocenters. The summed E-state index contributed by atoms with van der Waals surface area (Å²) in [7, 11) is 0. The van der Waals surface area contributed by atoms with Crippen LogP contribution in [-0.4, -0.2) is 27.9 Å². The molecule has 0 bridgehead atoms. The highest BCUT2D eigenvalue weighted by atomic mass is 16.2. The van der Waals surface area contributed by atoms with Gasteiger partial charge in [0.1, 0.15) is 0 Å². The molecule has 1 amide bonds. The summed E-state index contributed by atoms with van der Waals surface area (Å²) in [6, 6.07) is 4.28. The van der Waals surface area contributed by atoms with E-state index in [1.54, 1.807) is 0 Å². The molecule has 1 saturated heterocycles. The maximum Gasteiger partial charge on any atom is 0.246 e. The van der Waals surface area contributed by atoms with Crippen LogP contribution in [0.4, 0.5) is 0 Å². The lowest BCUT2D eigenvalue weighted by molar-refractivity contribution is -0.146. The maximum atomic E-state index is 12.7. The van der Waals surface area contributed by atoms with Crippen molar-refractivity contribution in [1.82, 2.24) is 9.88 Å². The largest absolute Gasteiger partial charge is 0.333 e. The zero-order chi connectivity index (χ0) is 18.6. The Labute approximate surface area is 162 Å². The van der Waals surface area contributed by atoms with Crippen LogP contribution in [0.3, 0.4) is 0 Å². The number of rotatable bonds is 1. The van der Waals surface area contributed by atoms with Crippen molar-refractivity contribution in [3.63, 3.8) is 0 Å². The molecule has 3 heterocycles. The van der Waals surface area contributed by atoms with Crippen molar-refractivity contribution in [2.45, 2.75) is 57.9 Å². The first kappa shape index (κ1) is 17.2. The molecule has 0 radical (unpaired) electrons. The van der Waals surface area contributed by atoms with Gasteiger partial charge >= 0.3 is 0 Å². The van der Waals surface area contributed by atoms with Crippen LogP contribution in [0.2, 0.25) is 0 Å². The van der Waals surface area contributed by atoms with Gasteiger partial charge in [-0.1, -0.05) is 25.1 Å². The highest BCUT2D eigenvalue weighted by Crippen LogP contribution is 2.63. The number of nitrogens with zero attached hydrogens (tertiary/aromatic N) is 2. The van der Waals surface area contributed by atoms with Gasteiger partial charge in [-0.3, -0.25) is 9.78 Å². The number of fused-ring (bicyclic) bond motifs is 5. The fourth-order valence-corrected chi connectivity index (χ4v) is 7.06. The van der Waals surface area contributed by atoms with Gasteiger partial charge in [0.25, 0.3) is 0 Å². The number of hydrogen-bond donors (Lipinski definition) is 0. The minimum atomic E-state index is 0.0296. The van der Waals surface area contributed by atoms with Crippen LogP contribution < -0.4 is 0 Å². The molecular formula is C24H30N2O. The van der Waals surface area contributed by atoms with Crippen molar-refractivity contribution in [2.24, 2.45) is 23.2 Å². The number of allylic oxidation sites excluding steroid dienone is 3. The van der Waals surface area contributed by atoms with Gasteiger partial charge in [0, 0.05) is 24.5 Å². The molecule has 3 heteroatoms. The third-order valence-electron chi connectivity index (χ3n) is 8.44. The predicted molar refractivity (Wildman–Crippen MR) is 108 cm³/mol. The zero-order valence-corrected chi connectivity index (χ0v) is 16.5. The summed E-state index contributed by atoms with van der Waals surface area (Å²) < 4.78 is 0. The number of pyridine rings is 1. The Morgan fingerprint density at radius 3 is 2.89 bits per heavy atom. The molecule has 1 aromatic rings. The van der Waals surface area contributed by atoms with E-state index in [0.717, 1.165) is 31.7 Å². The summed E-state index contributed by atoms with van der Waals surface area (Å²) in [5.41, 5.74) is 3.11. The first-order valence-corrected chi connectivity index (χ1v) is 10.6. The molecule has 5 atom stereocenters. The lowest BCUT2D eigenvalue weighted by Crippen LogP contribution is -2.62. The van der Waals surface area contributed by atoms with Gasteiger partial charge in [-0.05, 0) is 91.9 Å². The van der Waals surface area contributed by atoms with Gasteiger partial charge in [0.2, 0.25) is 5.91 Å². The van der Waals surface area contributed by atoms with Crippen LogP contribution in [0.25, 0.3) is 5.57 Å². The van der Waals surface area contributed by atoms with Crippen LogP contribution in [-0.2, 0) is 4.79 Å². The van der Waals surface area contributed by atoms with Crippen LogP contribution in [0.15, 0.2) is 42.8 Å². The van der Waals surface area contributed by atoms with Gasteiger partial charge in [0.15, 0.2) is 0 Å². The molecule has 2 aliphatic heterocycles. The molecule has 1 aromatic heterocycles. The number of carbonyl (C=O) groups is 1. The van der Waals surface area contributed by atoms with E-state index in [9.17, 15) is 4.79 Å². The summed E-state index contributed by atoms with van der Waals surface area (Å²) in [4.78, 5) is 19.3. The van der Waals surface area contributed by atoms with Crippen molar-refractivity contribution in [2.75, 3.05) is 6.54 Å². The van der Waals surface area contributed by atoms with Crippen LogP contribution >= 0.6 is 0 Å². The predicted octanol–water partition coefficient (Wildman–Crippen LogP) is 4.86. The normalized spacial score (nSPS) is 40.7. The van der Waals surface area contributed by atoms with E-state index in [1.807, 2.05) is 18.5 Å². The number of piperidine rings is 1. The Balaban J connectivity index is 1.47. The van der Waals surface area contributed by atoms with E-state index in [0.29, 0.717) is 11.8 Å². The SMILES string of the molecule is CC12CCC3C(CCN4C(=O)C=CCCC34C)C1CC=C2c1cccnc1. The molecule has 1 saturated carbocycles. The zero-order valence-electron chi connectivity index (χ0n) is 16.5. The number of carbonyl (C=O) groups excluding carboxylic acids is 1. The minimum Gasteiger partial charge on any atom is -0.333 e. The lowest BCUT2D eigenvalue weighted by Gasteiger charge is -2.59. The van der Waals surface area contributed by atoms with Crippen molar-refractivity contribution < 1.29 is 4.79 Å². The Hall–Kier alpha value is -1.90. The molecule has 142 valence electrons. The van der Waals surface area contributed by atoms with Gasteiger partial charge < -0.3 is 4.90 Å². The number of hydrogen-bond acceptors (Lipinski definition) is 2. The van der Waals surface area contributed by atoms with Crippen molar-refractivity contribution in [3.05, 3.63) is 48.3 Å². The van der Waals surface area contributed by atoms with Crippen molar-refractivity contribution in [3.8, 4) is 0 Å².